The number of para-hydroxylation sites is 1. The van der Waals surface area contributed by atoms with Crippen LogP contribution in [0.15, 0.2) is 36.5 Å². The minimum Gasteiger partial charge on any atom is -0.367 e. The van der Waals surface area contributed by atoms with E-state index >= 15 is 0 Å². The van der Waals surface area contributed by atoms with Crippen molar-refractivity contribution in [3.8, 4) is 5.69 Å². The molecule has 0 amide bonds. The molecule has 0 aliphatic carbocycles. The second-order valence-electron chi connectivity index (χ2n) is 4.85. The number of likely N-dealkylation sites (N-methyl/N-ethyl adjacent to an activating group) is 1. The molecule has 2 aromatic rings. The Balaban J connectivity index is 1.88. The van der Waals surface area contributed by atoms with E-state index in [0.717, 1.165) is 12.2 Å². The molecular formula is C14H16N4O2. The molecular weight excluding hydrogens is 256 g/mol. The summed E-state index contributed by atoms with van der Waals surface area (Å²) in [6, 6.07) is 9.49. The summed E-state index contributed by atoms with van der Waals surface area (Å²) in [5.41, 5.74) is 1.27. The molecule has 6 nitrogen and oxygen atoms in total. The standard InChI is InChI=1S/C14H16N4O2/c1-17-7-8-20-13(10-17)14(19)12-9-15-16-18(12)11-5-3-2-4-6-11/h2-6,9,13H,7-8,10H2,1H3. The monoisotopic (exact) mass is 272 g/mol. The van der Waals surface area contributed by atoms with Gasteiger partial charge in [-0.25, -0.2) is 4.68 Å². The third-order valence-electron chi connectivity index (χ3n) is 3.36. The van der Waals surface area contributed by atoms with Crippen molar-refractivity contribution in [2.45, 2.75) is 6.10 Å². The normalized spacial score (nSPS) is 19.9. The van der Waals surface area contributed by atoms with Crippen LogP contribution in [0.4, 0.5) is 0 Å². The number of nitrogens with zero attached hydrogens (tertiary/aromatic N) is 4. The Bertz CT molecular complexity index is 596. The fourth-order valence-electron chi connectivity index (χ4n) is 2.26. The molecule has 3 rings (SSSR count). The number of carbonyl (C=O) groups is 1. The molecule has 1 fully saturated rings. The number of benzene rings is 1. The Morgan fingerprint density at radius 2 is 2.15 bits per heavy atom. The maximum Gasteiger partial charge on any atom is 0.212 e. The van der Waals surface area contributed by atoms with Gasteiger partial charge in [0.15, 0.2) is 0 Å². The van der Waals surface area contributed by atoms with Crippen molar-refractivity contribution in [1.82, 2.24) is 19.9 Å². The number of morpholine rings is 1. The van der Waals surface area contributed by atoms with Gasteiger partial charge in [0.25, 0.3) is 0 Å². The molecule has 0 radical (unpaired) electrons. The number of ether oxygens (including phenoxy) is 1. The van der Waals surface area contributed by atoms with Crippen molar-refractivity contribution in [2.24, 2.45) is 0 Å². The van der Waals surface area contributed by atoms with Crippen LogP contribution in [0.25, 0.3) is 5.69 Å². The van der Waals surface area contributed by atoms with E-state index in [1.54, 1.807) is 4.68 Å². The van der Waals surface area contributed by atoms with Crippen LogP contribution >= 0.6 is 0 Å². The molecule has 1 aliphatic rings. The molecule has 1 aromatic heterocycles. The van der Waals surface area contributed by atoms with Gasteiger partial charge in [0.2, 0.25) is 5.78 Å². The molecule has 0 bridgehead atoms. The predicted octanol–water partition coefficient (Wildman–Crippen LogP) is 0.781. The van der Waals surface area contributed by atoms with Gasteiger partial charge in [-0.1, -0.05) is 23.4 Å². The minimum absolute atomic E-state index is 0.0783. The lowest BCUT2D eigenvalue weighted by atomic mass is 10.1. The van der Waals surface area contributed by atoms with E-state index in [2.05, 4.69) is 15.2 Å². The fourth-order valence-corrected chi connectivity index (χ4v) is 2.26. The minimum atomic E-state index is -0.449. The van der Waals surface area contributed by atoms with Crippen LogP contribution in [0, 0.1) is 0 Å². The van der Waals surface area contributed by atoms with Crippen LogP contribution in [0.3, 0.4) is 0 Å². The first-order valence-electron chi connectivity index (χ1n) is 6.56. The molecule has 6 heteroatoms. The molecule has 2 heterocycles. The van der Waals surface area contributed by atoms with Gasteiger partial charge in [0, 0.05) is 13.1 Å². The second kappa shape index (κ2) is 5.52. The summed E-state index contributed by atoms with van der Waals surface area (Å²) in [5, 5.41) is 7.85. The zero-order valence-corrected chi connectivity index (χ0v) is 11.3. The van der Waals surface area contributed by atoms with Crippen molar-refractivity contribution in [3.63, 3.8) is 0 Å². The van der Waals surface area contributed by atoms with Crippen molar-refractivity contribution in [2.75, 3.05) is 26.7 Å². The molecule has 20 heavy (non-hydrogen) atoms. The van der Waals surface area contributed by atoms with Crippen molar-refractivity contribution in [1.29, 1.82) is 0 Å². The highest BCUT2D eigenvalue weighted by molar-refractivity contribution is 5.98. The van der Waals surface area contributed by atoms with Crippen molar-refractivity contribution >= 4 is 5.78 Å². The zero-order valence-electron chi connectivity index (χ0n) is 11.3. The van der Waals surface area contributed by atoms with Gasteiger partial charge in [-0.3, -0.25) is 4.79 Å². The van der Waals surface area contributed by atoms with Gasteiger partial charge < -0.3 is 9.64 Å². The van der Waals surface area contributed by atoms with Crippen LogP contribution in [0.5, 0.6) is 0 Å². The first-order valence-corrected chi connectivity index (χ1v) is 6.56. The highest BCUT2D eigenvalue weighted by Crippen LogP contribution is 2.14. The molecule has 1 aromatic carbocycles. The second-order valence-corrected chi connectivity index (χ2v) is 4.85. The summed E-state index contributed by atoms with van der Waals surface area (Å²) in [6.45, 7) is 2.01. The number of carbonyl (C=O) groups excluding carboxylic acids is 1. The van der Waals surface area contributed by atoms with Gasteiger partial charge >= 0.3 is 0 Å². The van der Waals surface area contributed by atoms with Crippen LogP contribution in [-0.4, -0.2) is 58.5 Å². The molecule has 1 unspecified atom stereocenters. The Kier molecular flexibility index (Phi) is 3.58. The molecule has 0 spiro atoms. The number of ketones is 1. The van der Waals surface area contributed by atoms with E-state index in [1.165, 1.54) is 6.20 Å². The quantitative estimate of drug-likeness (QED) is 0.773. The lowest BCUT2D eigenvalue weighted by molar-refractivity contribution is -0.00903. The number of hydrogen-bond donors (Lipinski definition) is 0. The first-order chi connectivity index (χ1) is 9.75. The zero-order chi connectivity index (χ0) is 13.9. The Morgan fingerprint density at radius 3 is 2.90 bits per heavy atom. The Hall–Kier alpha value is -2.05. The van der Waals surface area contributed by atoms with E-state index in [-0.39, 0.29) is 5.78 Å². The van der Waals surface area contributed by atoms with Crippen LogP contribution < -0.4 is 0 Å². The summed E-state index contributed by atoms with van der Waals surface area (Å²) in [7, 11) is 1.98. The fraction of sp³-hybridized carbons (Fsp3) is 0.357. The maximum absolute atomic E-state index is 12.5. The lowest BCUT2D eigenvalue weighted by Gasteiger charge is -2.28. The number of Topliss-reactive ketones (excluding diaryl/α,β-unsaturated/α-hetero) is 1. The number of hydrogen-bond acceptors (Lipinski definition) is 5. The van der Waals surface area contributed by atoms with E-state index in [1.807, 2.05) is 37.4 Å². The summed E-state index contributed by atoms with van der Waals surface area (Å²) in [6.07, 6.45) is 1.04. The van der Waals surface area contributed by atoms with Crippen LogP contribution in [0.1, 0.15) is 10.5 Å². The maximum atomic E-state index is 12.5. The molecule has 104 valence electrons. The summed E-state index contributed by atoms with van der Waals surface area (Å²) in [5.74, 6) is -0.0783. The SMILES string of the molecule is CN1CCOC(C(=O)c2cnnn2-c2ccccc2)C1. The van der Waals surface area contributed by atoms with Gasteiger partial charge in [-0.2, -0.15) is 0 Å². The number of aromatic nitrogens is 3. The largest absolute Gasteiger partial charge is 0.367 e. The average Bonchev–Trinajstić information content (AvgIpc) is 2.97. The summed E-state index contributed by atoms with van der Waals surface area (Å²) in [4.78, 5) is 14.6. The van der Waals surface area contributed by atoms with Gasteiger partial charge in [0.05, 0.1) is 18.5 Å². The molecule has 1 atom stereocenters. The highest BCUT2D eigenvalue weighted by atomic mass is 16.5. The van der Waals surface area contributed by atoms with Crippen molar-refractivity contribution in [3.05, 3.63) is 42.2 Å². The number of rotatable bonds is 3. The average molecular weight is 272 g/mol. The van der Waals surface area contributed by atoms with Crippen molar-refractivity contribution < 1.29 is 9.53 Å². The summed E-state index contributed by atoms with van der Waals surface area (Å²) < 4.78 is 7.12. The highest BCUT2D eigenvalue weighted by Gasteiger charge is 2.28. The third-order valence-corrected chi connectivity index (χ3v) is 3.36. The van der Waals surface area contributed by atoms with E-state index in [4.69, 9.17) is 4.74 Å². The lowest BCUT2D eigenvalue weighted by Crippen LogP contribution is -2.44. The Morgan fingerprint density at radius 1 is 1.35 bits per heavy atom. The van der Waals surface area contributed by atoms with Gasteiger partial charge in [-0.05, 0) is 19.2 Å². The first kappa shape index (κ1) is 13.0. The van der Waals surface area contributed by atoms with Gasteiger partial charge in [-0.15, -0.1) is 5.10 Å². The summed E-state index contributed by atoms with van der Waals surface area (Å²) >= 11 is 0. The predicted molar refractivity (Wildman–Crippen MR) is 72.9 cm³/mol. The molecule has 0 saturated carbocycles. The van der Waals surface area contributed by atoms with E-state index < -0.39 is 6.10 Å². The van der Waals surface area contributed by atoms with Crippen LogP contribution in [-0.2, 0) is 4.74 Å². The third kappa shape index (κ3) is 2.48. The molecule has 0 N–H and O–H groups in total. The van der Waals surface area contributed by atoms with Gasteiger partial charge in [0.1, 0.15) is 11.8 Å². The molecule has 1 aliphatic heterocycles. The van der Waals surface area contributed by atoms with E-state index in [9.17, 15) is 4.79 Å². The molecule has 1 saturated heterocycles. The Labute approximate surface area is 117 Å². The van der Waals surface area contributed by atoms with E-state index in [0.29, 0.717) is 18.8 Å². The van der Waals surface area contributed by atoms with Crippen LogP contribution in [0.2, 0.25) is 0 Å². The topological polar surface area (TPSA) is 60.2 Å². The smallest absolute Gasteiger partial charge is 0.212 e.